The quantitative estimate of drug-likeness (QED) is 0.503. The molecular weight excluding hydrogens is 286 g/mol. The fraction of sp³-hybridized carbons (Fsp3) is 0.818. The Morgan fingerprint density at radius 1 is 1.25 bits per heavy atom. The van der Waals surface area contributed by atoms with Gasteiger partial charge in [-0.05, 0) is 26.7 Å². The molecule has 116 valence electrons. The van der Waals surface area contributed by atoms with Crippen molar-refractivity contribution in [3.63, 3.8) is 0 Å². The second-order valence-electron chi connectivity index (χ2n) is 5.88. The van der Waals surface area contributed by atoms with Gasteiger partial charge in [0.05, 0.1) is 11.7 Å². The van der Waals surface area contributed by atoms with Crippen molar-refractivity contribution in [2.45, 2.75) is 32.2 Å². The van der Waals surface area contributed by atoms with Crippen LogP contribution in [0.25, 0.3) is 0 Å². The number of hydrogen-bond donors (Lipinski definition) is 4. The largest absolute Gasteiger partial charge is 0.481 e. The first-order valence-electron chi connectivity index (χ1n) is 6.20. The van der Waals surface area contributed by atoms with Gasteiger partial charge in [0.1, 0.15) is 0 Å². The van der Waals surface area contributed by atoms with Crippen molar-refractivity contribution in [3.8, 4) is 0 Å². The maximum absolute atomic E-state index is 11.6. The molecule has 0 heterocycles. The van der Waals surface area contributed by atoms with E-state index in [1.54, 1.807) is 13.8 Å². The predicted molar refractivity (Wildman–Crippen MR) is 72.8 cm³/mol. The van der Waals surface area contributed by atoms with Gasteiger partial charge in [0.15, 0.2) is 0 Å². The summed E-state index contributed by atoms with van der Waals surface area (Å²) in [5, 5.41) is 14.0. The van der Waals surface area contributed by atoms with E-state index in [4.69, 9.17) is 5.11 Å². The van der Waals surface area contributed by atoms with E-state index in [2.05, 4.69) is 15.4 Å². The third-order valence-corrected chi connectivity index (χ3v) is 3.97. The van der Waals surface area contributed by atoms with Crippen LogP contribution in [0.1, 0.15) is 26.7 Å². The Morgan fingerprint density at radius 2 is 1.80 bits per heavy atom. The van der Waals surface area contributed by atoms with Crippen molar-refractivity contribution in [2.24, 2.45) is 5.41 Å². The Morgan fingerprint density at radius 3 is 2.20 bits per heavy atom. The fourth-order valence-electron chi connectivity index (χ4n) is 1.77. The zero-order chi connectivity index (χ0) is 15.6. The number of carboxylic acid groups (broad SMARTS) is 1. The smallest absolute Gasteiger partial charge is 0.314 e. The molecule has 1 saturated carbocycles. The van der Waals surface area contributed by atoms with Crippen LogP contribution in [-0.2, 0) is 14.8 Å². The van der Waals surface area contributed by atoms with Crippen LogP contribution in [0, 0.1) is 5.41 Å². The van der Waals surface area contributed by atoms with E-state index in [0.717, 1.165) is 6.26 Å². The highest BCUT2D eigenvalue weighted by molar-refractivity contribution is 7.88. The summed E-state index contributed by atoms with van der Waals surface area (Å²) >= 11 is 0. The summed E-state index contributed by atoms with van der Waals surface area (Å²) in [6.07, 6.45) is 2.16. The lowest BCUT2D eigenvalue weighted by atomic mass is 10.1. The van der Waals surface area contributed by atoms with Gasteiger partial charge in [-0.1, -0.05) is 0 Å². The van der Waals surface area contributed by atoms with Gasteiger partial charge in [0.25, 0.3) is 0 Å². The highest BCUT2D eigenvalue weighted by Crippen LogP contribution is 2.45. The van der Waals surface area contributed by atoms with Gasteiger partial charge in [-0.15, -0.1) is 0 Å². The maximum Gasteiger partial charge on any atom is 0.314 e. The van der Waals surface area contributed by atoms with Crippen LogP contribution in [0.15, 0.2) is 0 Å². The van der Waals surface area contributed by atoms with Gasteiger partial charge in [0.2, 0.25) is 10.0 Å². The van der Waals surface area contributed by atoms with E-state index in [1.807, 2.05) is 0 Å². The van der Waals surface area contributed by atoms with Gasteiger partial charge < -0.3 is 15.7 Å². The van der Waals surface area contributed by atoms with Crippen molar-refractivity contribution >= 4 is 22.0 Å². The second-order valence-corrected chi connectivity index (χ2v) is 7.63. The molecule has 0 saturated heterocycles. The zero-order valence-electron chi connectivity index (χ0n) is 11.8. The molecule has 8 nitrogen and oxygen atoms in total. The lowest BCUT2D eigenvalue weighted by Crippen LogP contribution is -2.53. The Bertz CT molecular complexity index is 496. The minimum Gasteiger partial charge on any atom is -0.481 e. The molecule has 9 heteroatoms. The number of amides is 2. The number of nitrogens with one attached hydrogen (secondary N) is 3. The van der Waals surface area contributed by atoms with E-state index >= 15 is 0 Å². The fourth-order valence-corrected chi connectivity index (χ4v) is 2.84. The lowest BCUT2D eigenvalue weighted by Gasteiger charge is -2.25. The average molecular weight is 307 g/mol. The molecule has 0 aromatic carbocycles. The molecule has 20 heavy (non-hydrogen) atoms. The van der Waals surface area contributed by atoms with Crippen molar-refractivity contribution < 1.29 is 23.1 Å². The molecule has 0 spiro atoms. The minimum atomic E-state index is -3.37. The molecule has 0 aromatic rings. The van der Waals surface area contributed by atoms with Crippen molar-refractivity contribution in [1.29, 1.82) is 0 Å². The summed E-state index contributed by atoms with van der Waals surface area (Å²) in [5.41, 5.74) is -1.65. The molecule has 0 bridgehead atoms. The van der Waals surface area contributed by atoms with Crippen molar-refractivity contribution in [3.05, 3.63) is 0 Å². The number of carbonyl (C=O) groups is 2. The third-order valence-electron chi connectivity index (χ3n) is 3.05. The molecule has 2 amide bonds. The SMILES string of the molecule is CC(C)(CNC(=O)NCC1(C(=O)O)CC1)NS(C)(=O)=O. The number of sulfonamides is 1. The summed E-state index contributed by atoms with van der Waals surface area (Å²) in [7, 11) is -3.37. The Kier molecular flexibility index (Phi) is 4.65. The Hall–Kier alpha value is -1.35. The number of urea groups is 1. The van der Waals surface area contributed by atoms with Crippen LogP contribution >= 0.6 is 0 Å². The Labute approximate surface area is 118 Å². The average Bonchev–Trinajstić information content (AvgIpc) is 3.01. The first kappa shape index (κ1) is 16.7. The van der Waals surface area contributed by atoms with Gasteiger partial charge >= 0.3 is 12.0 Å². The molecule has 1 aliphatic carbocycles. The second kappa shape index (κ2) is 5.57. The summed E-state index contributed by atoms with van der Waals surface area (Å²) in [5.74, 6) is -0.906. The molecular formula is C11H21N3O5S. The third kappa shape index (κ3) is 5.33. The van der Waals surface area contributed by atoms with E-state index < -0.39 is 33.0 Å². The first-order chi connectivity index (χ1) is 8.96. The zero-order valence-corrected chi connectivity index (χ0v) is 12.6. The van der Waals surface area contributed by atoms with Crippen LogP contribution in [0.3, 0.4) is 0 Å². The highest BCUT2D eigenvalue weighted by Gasteiger charge is 2.50. The number of carbonyl (C=O) groups excluding carboxylic acids is 1. The number of hydrogen-bond acceptors (Lipinski definition) is 4. The van der Waals surface area contributed by atoms with Crippen LogP contribution < -0.4 is 15.4 Å². The number of rotatable bonds is 7. The minimum absolute atomic E-state index is 0.0775. The number of aliphatic carboxylic acids is 1. The molecule has 1 aliphatic rings. The molecule has 4 N–H and O–H groups in total. The van der Waals surface area contributed by atoms with E-state index in [9.17, 15) is 18.0 Å². The molecule has 0 aromatic heterocycles. The predicted octanol–water partition coefficient (Wildman–Crippen LogP) is -0.522. The molecule has 0 radical (unpaired) electrons. The van der Waals surface area contributed by atoms with Crippen LogP contribution in [-0.4, -0.2) is 50.4 Å². The van der Waals surface area contributed by atoms with Crippen LogP contribution in [0.2, 0.25) is 0 Å². The summed E-state index contributed by atoms with van der Waals surface area (Å²) < 4.78 is 24.6. The summed E-state index contributed by atoms with van der Waals surface area (Å²) in [6, 6.07) is -0.513. The van der Waals surface area contributed by atoms with E-state index in [1.165, 1.54) is 0 Å². The van der Waals surface area contributed by atoms with Gasteiger partial charge in [0, 0.05) is 18.6 Å². The number of carboxylic acids is 1. The summed E-state index contributed by atoms with van der Waals surface area (Å²) in [6.45, 7) is 3.43. The first-order valence-corrected chi connectivity index (χ1v) is 8.09. The molecule has 0 unspecified atom stereocenters. The topological polar surface area (TPSA) is 125 Å². The van der Waals surface area contributed by atoms with Gasteiger partial charge in [-0.3, -0.25) is 4.79 Å². The van der Waals surface area contributed by atoms with Gasteiger partial charge in [-0.2, -0.15) is 0 Å². The highest BCUT2D eigenvalue weighted by atomic mass is 32.2. The summed E-state index contributed by atoms with van der Waals surface area (Å²) in [4.78, 5) is 22.5. The normalized spacial score (nSPS) is 17.4. The maximum atomic E-state index is 11.6. The lowest BCUT2D eigenvalue weighted by molar-refractivity contribution is -0.143. The van der Waals surface area contributed by atoms with Crippen molar-refractivity contribution in [2.75, 3.05) is 19.3 Å². The van der Waals surface area contributed by atoms with E-state index in [-0.39, 0.29) is 13.1 Å². The van der Waals surface area contributed by atoms with Gasteiger partial charge in [-0.25, -0.2) is 17.9 Å². The molecule has 1 rings (SSSR count). The van der Waals surface area contributed by atoms with Crippen LogP contribution in [0.4, 0.5) is 4.79 Å². The van der Waals surface area contributed by atoms with Crippen molar-refractivity contribution in [1.82, 2.24) is 15.4 Å². The van der Waals surface area contributed by atoms with E-state index in [0.29, 0.717) is 12.8 Å². The van der Waals surface area contributed by atoms with Crippen LogP contribution in [0.5, 0.6) is 0 Å². The molecule has 1 fully saturated rings. The Balaban J connectivity index is 2.35. The standard InChI is InChI=1S/C11H21N3O5S/c1-10(2,14-20(3,18)19)6-12-9(17)13-7-11(4-5-11)8(15)16/h14H,4-7H2,1-3H3,(H,15,16)(H2,12,13,17). The molecule has 0 atom stereocenters. The molecule has 0 aliphatic heterocycles. The monoisotopic (exact) mass is 307 g/mol.